The molecule has 0 aromatic heterocycles. The van der Waals surface area contributed by atoms with Gasteiger partial charge < -0.3 is 10.1 Å². The number of amides is 1. The first kappa shape index (κ1) is 18.7. The van der Waals surface area contributed by atoms with Gasteiger partial charge in [-0.15, -0.1) is 0 Å². The molecule has 0 bridgehead atoms. The van der Waals surface area contributed by atoms with Crippen molar-refractivity contribution < 1.29 is 22.3 Å². The number of hydrogen-bond acceptors (Lipinski definition) is 4. The van der Waals surface area contributed by atoms with E-state index in [1.54, 1.807) is 31.2 Å². The molecule has 134 valence electrons. The number of carbonyl (C=O) groups excluding carboxylic acids is 1. The summed E-state index contributed by atoms with van der Waals surface area (Å²) < 4.78 is 43.9. The van der Waals surface area contributed by atoms with Crippen LogP contribution < -0.4 is 14.8 Å². The summed E-state index contributed by atoms with van der Waals surface area (Å²) in [5.74, 6) is -1.07. The Morgan fingerprint density at radius 2 is 1.88 bits per heavy atom. The summed E-state index contributed by atoms with van der Waals surface area (Å²) in [6, 6.07) is 10.1. The normalized spacial score (nSPS) is 12.3. The van der Waals surface area contributed by atoms with Crippen LogP contribution >= 0.6 is 0 Å². The molecule has 8 heteroatoms. The molecule has 6 nitrogen and oxygen atoms in total. The van der Waals surface area contributed by atoms with Crippen molar-refractivity contribution >= 4 is 21.6 Å². The molecule has 2 aromatic carbocycles. The lowest BCUT2D eigenvalue weighted by molar-refractivity contribution is 0.0939. The van der Waals surface area contributed by atoms with Crippen LogP contribution in [0.4, 0.5) is 10.1 Å². The first-order valence-electron chi connectivity index (χ1n) is 7.42. The van der Waals surface area contributed by atoms with Crippen molar-refractivity contribution in [3.63, 3.8) is 0 Å². The number of benzene rings is 2. The second kappa shape index (κ2) is 7.52. The van der Waals surface area contributed by atoms with Crippen LogP contribution in [0.5, 0.6) is 5.75 Å². The van der Waals surface area contributed by atoms with Gasteiger partial charge in [-0.1, -0.05) is 18.2 Å². The number of nitrogens with one attached hydrogen (secondary N) is 2. The highest BCUT2D eigenvalue weighted by molar-refractivity contribution is 7.92. The fraction of sp³-hybridized carbons (Fsp3) is 0.235. The third-order valence-electron chi connectivity index (χ3n) is 3.48. The van der Waals surface area contributed by atoms with Gasteiger partial charge in [0, 0.05) is 5.56 Å². The summed E-state index contributed by atoms with van der Waals surface area (Å²) in [5, 5.41) is 2.72. The highest BCUT2D eigenvalue weighted by Gasteiger charge is 2.17. The molecule has 0 radical (unpaired) electrons. The number of anilines is 1. The van der Waals surface area contributed by atoms with Gasteiger partial charge in [-0.05, 0) is 36.8 Å². The van der Waals surface area contributed by atoms with Crippen molar-refractivity contribution in [2.75, 3.05) is 18.1 Å². The topological polar surface area (TPSA) is 84.5 Å². The maximum atomic E-state index is 13.7. The molecule has 2 N–H and O–H groups in total. The van der Waals surface area contributed by atoms with Crippen molar-refractivity contribution in [1.29, 1.82) is 0 Å². The molecular weight excluding hydrogens is 347 g/mol. The van der Waals surface area contributed by atoms with Crippen LogP contribution in [-0.2, 0) is 10.0 Å². The second-order valence-corrected chi connectivity index (χ2v) is 7.25. The first-order valence-corrected chi connectivity index (χ1v) is 9.31. The van der Waals surface area contributed by atoms with Gasteiger partial charge in [0.05, 0.1) is 25.1 Å². The number of sulfonamides is 1. The smallest absolute Gasteiger partial charge is 0.251 e. The van der Waals surface area contributed by atoms with E-state index in [0.717, 1.165) is 12.3 Å². The predicted octanol–water partition coefficient (Wildman–Crippen LogP) is 2.70. The maximum Gasteiger partial charge on any atom is 0.251 e. The van der Waals surface area contributed by atoms with Gasteiger partial charge in [0.1, 0.15) is 0 Å². The number of ether oxygens (including phenoxy) is 1. The Hall–Kier alpha value is -2.61. The molecule has 2 rings (SSSR count). The van der Waals surface area contributed by atoms with Gasteiger partial charge in [0.25, 0.3) is 5.91 Å². The van der Waals surface area contributed by atoms with Crippen LogP contribution in [0, 0.1) is 5.82 Å². The fourth-order valence-electron chi connectivity index (χ4n) is 2.33. The van der Waals surface area contributed by atoms with E-state index in [1.807, 2.05) is 0 Å². The van der Waals surface area contributed by atoms with E-state index in [1.165, 1.54) is 19.2 Å². The van der Waals surface area contributed by atoms with Crippen molar-refractivity contribution in [1.82, 2.24) is 5.32 Å². The Bertz CT molecular complexity index is 884. The van der Waals surface area contributed by atoms with E-state index in [0.29, 0.717) is 11.3 Å². The van der Waals surface area contributed by atoms with Crippen LogP contribution in [0.25, 0.3) is 0 Å². The quantitative estimate of drug-likeness (QED) is 0.823. The van der Waals surface area contributed by atoms with Gasteiger partial charge in [0.2, 0.25) is 10.0 Å². The van der Waals surface area contributed by atoms with Gasteiger partial charge >= 0.3 is 0 Å². The largest absolute Gasteiger partial charge is 0.494 e. The van der Waals surface area contributed by atoms with Crippen LogP contribution in [0.1, 0.15) is 28.9 Å². The highest BCUT2D eigenvalue weighted by atomic mass is 32.2. The van der Waals surface area contributed by atoms with E-state index in [2.05, 4.69) is 10.0 Å². The van der Waals surface area contributed by atoms with E-state index < -0.39 is 27.8 Å². The van der Waals surface area contributed by atoms with Crippen molar-refractivity contribution in [3.8, 4) is 5.75 Å². The lowest BCUT2D eigenvalue weighted by Gasteiger charge is -2.18. The summed E-state index contributed by atoms with van der Waals surface area (Å²) >= 11 is 0. The minimum Gasteiger partial charge on any atom is -0.494 e. The molecule has 0 saturated carbocycles. The zero-order chi connectivity index (χ0) is 18.6. The first-order chi connectivity index (χ1) is 11.7. The van der Waals surface area contributed by atoms with Crippen molar-refractivity contribution in [3.05, 3.63) is 59.4 Å². The lowest BCUT2D eigenvalue weighted by atomic mass is 10.1. The van der Waals surface area contributed by atoms with Gasteiger partial charge in [-0.3, -0.25) is 9.52 Å². The molecule has 0 aliphatic heterocycles. The fourth-order valence-corrected chi connectivity index (χ4v) is 2.92. The molecular formula is C17H19FN2O4S. The lowest BCUT2D eigenvalue weighted by Crippen LogP contribution is -2.27. The number of rotatable bonds is 6. The molecule has 0 saturated heterocycles. The number of methoxy groups -OCH3 is 1. The Morgan fingerprint density at radius 1 is 1.20 bits per heavy atom. The summed E-state index contributed by atoms with van der Waals surface area (Å²) in [5.41, 5.74) is 1.10. The number of para-hydroxylation sites is 1. The van der Waals surface area contributed by atoms with Gasteiger partial charge in [-0.25, -0.2) is 12.8 Å². The van der Waals surface area contributed by atoms with E-state index in [4.69, 9.17) is 4.74 Å². The van der Waals surface area contributed by atoms with Crippen LogP contribution in [0.3, 0.4) is 0 Å². The van der Waals surface area contributed by atoms with Crippen molar-refractivity contribution in [2.45, 2.75) is 13.0 Å². The number of hydrogen-bond donors (Lipinski definition) is 2. The van der Waals surface area contributed by atoms with E-state index in [9.17, 15) is 17.6 Å². The number of carbonyl (C=O) groups is 1. The minimum atomic E-state index is -3.45. The molecule has 0 spiro atoms. The average molecular weight is 366 g/mol. The maximum absolute atomic E-state index is 13.7. The predicted molar refractivity (Wildman–Crippen MR) is 93.7 cm³/mol. The highest BCUT2D eigenvalue weighted by Crippen LogP contribution is 2.24. The third kappa shape index (κ3) is 4.93. The monoisotopic (exact) mass is 366 g/mol. The third-order valence-corrected chi connectivity index (χ3v) is 4.07. The average Bonchev–Trinajstić information content (AvgIpc) is 2.53. The Balaban J connectivity index is 2.21. The van der Waals surface area contributed by atoms with Crippen LogP contribution in [0.15, 0.2) is 42.5 Å². The summed E-state index contributed by atoms with van der Waals surface area (Å²) in [7, 11) is -2.11. The van der Waals surface area contributed by atoms with Crippen LogP contribution in [0.2, 0.25) is 0 Å². The minimum absolute atomic E-state index is 0.0484. The summed E-state index contributed by atoms with van der Waals surface area (Å²) in [6.07, 6.45) is 1.05. The molecule has 1 amide bonds. The van der Waals surface area contributed by atoms with Crippen molar-refractivity contribution in [2.24, 2.45) is 0 Å². The molecule has 25 heavy (non-hydrogen) atoms. The van der Waals surface area contributed by atoms with Gasteiger partial charge in [0.15, 0.2) is 11.6 Å². The molecule has 1 atom stereocenters. The van der Waals surface area contributed by atoms with Gasteiger partial charge in [-0.2, -0.15) is 0 Å². The SMILES string of the molecule is COc1ccc(C(=O)NC(C)c2ccccc2NS(C)(=O)=O)cc1F. The molecule has 1 unspecified atom stereocenters. The summed E-state index contributed by atoms with van der Waals surface area (Å²) in [4.78, 5) is 12.3. The molecule has 0 fully saturated rings. The molecule has 2 aromatic rings. The Labute approximate surface area is 146 Å². The van der Waals surface area contributed by atoms with E-state index >= 15 is 0 Å². The zero-order valence-corrected chi connectivity index (χ0v) is 14.9. The molecule has 0 aliphatic carbocycles. The van der Waals surface area contributed by atoms with Crippen LogP contribution in [-0.4, -0.2) is 27.7 Å². The van der Waals surface area contributed by atoms with E-state index in [-0.39, 0.29) is 11.3 Å². The molecule has 0 heterocycles. The second-order valence-electron chi connectivity index (χ2n) is 5.51. The summed E-state index contributed by atoms with van der Waals surface area (Å²) in [6.45, 7) is 1.71. The zero-order valence-electron chi connectivity index (χ0n) is 14.0. The number of halogens is 1. The standard InChI is InChI=1S/C17H19FN2O4S/c1-11(13-6-4-5-7-15(13)20-25(3,22)23)19-17(21)12-8-9-16(24-2)14(18)10-12/h4-11,20H,1-3H3,(H,19,21). The molecule has 0 aliphatic rings. The Kier molecular flexibility index (Phi) is 5.63. The Morgan fingerprint density at radius 3 is 2.48 bits per heavy atom.